The highest BCUT2D eigenvalue weighted by molar-refractivity contribution is 5.33. The molecule has 1 rings (SSSR count). The first-order valence-corrected chi connectivity index (χ1v) is 2.97. The summed E-state index contributed by atoms with van der Waals surface area (Å²) in [7, 11) is 1.44. The summed E-state index contributed by atoms with van der Waals surface area (Å²) in [5.74, 6) is 5.00. The van der Waals surface area contributed by atoms with Crippen molar-refractivity contribution >= 4 is 0 Å². The molecule has 0 heterocycles. The van der Waals surface area contributed by atoms with Gasteiger partial charge in [-0.15, -0.1) is 0 Å². The zero-order chi connectivity index (χ0) is 8.27. The van der Waals surface area contributed by atoms with Gasteiger partial charge in [-0.25, -0.2) is 4.39 Å². The van der Waals surface area contributed by atoms with E-state index in [0.717, 1.165) is 0 Å². The van der Waals surface area contributed by atoms with Gasteiger partial charge >= 0.3 is 0 Å². The van der Waals surface area contributed by atoms with Crippen molar-refractivity contribution in [3.8, 4) is 11.5 Å². The van der Waals surface area contributed by atoms with Gasteiger partial charge in [0.15, 0.2) is 5.75 Å². The number of methoxy groups -OCH3 is 1. The van der Waals surface area contributed by atoms with Crippen LogP contribution in [0.2, 0.25) is 0 Å². The van der Waals surface area contributed by atoms with Gasteiger partial charge in [0.2, 0.25) is 0 Å². The van der Waals surface area contributed by atoms with Gasteiger partial charge in [0.25, 0.3) is 0 Å². The molecule has 1 aromatic rings. The number of nitrogens with two attached hydrogens (primary N) is 1. The van der Waals surface area contributed by atoms with Crippen LogP contribution in [0.3, 0.4) is 0 Å². The van der Waals surface area contributed by atoms with Gasteiger partial charge in [-0.2, -0.15) is 5.90 Å². The zero-order valence-electron chi connectivity index (χ0n) is 6.00. The Morgan fingerprint density at radius 1 is 1.27 bits per heavy atom. The molecule has 0 spiro atoms. The van der Waals surface area contributed by atoms with E-state index in [2.05, 4.69) is 4.84 Å². The molecule has 0 amide bonds. The normalized spacial score (nSPS) is 9.36. The molecular weight excluding hydrogens is 149 g/mol. The van der Waals surface area contributed by atoms with Crippen molar-refractivity contribution in [3.63, 3.8) is 0 Å². The van der Waals surface area contributed by atoms with E-state index in [1.54, 1.807) is 0 Å². The molecule has 3 nitrogen and oxygen atoms in total. The van der Waals surface area contributed by atoms with E-state index in [1.807, 2.05) is 0 Å². The highest BCUT2D eigenvalue weighted by Crippen LogP contribution is 2.20. The van der Waals surface area contributed by atoms with Gasteiger partial charge in [-0.1, -0.05) is 0 Å². The topological polar surface area (TPSA) is 44.5 Å². The lowest BCUT2D eigenvalue weighted by Gasteiger charge is -2.02. The summed E-state index contributed by atoms with van der Waals surface area (Å²) in [5.41, 5.74) is 0. The molecule has 1 aromatic carbocycles. The fourth-order valence-electron chi connectivity index (χ4n) is 0.723. The monoisotopic (exact) mass is 157 g/mol. The van der Waals surface area contributed by atoms with E-state index in [0.29, 0.717) is 5.75 Å². The Hall–Kier alpha value is -1.29. The summed E-state index contributed by atoms with van der Waals surface area (Å²) in [4.78, 5) is 4.32. The third kappa shape index (κ3) is 1.81. The van der Waals surface area contributed by atoms with Crippen molar-refractivity contribution in [2.75, 3.05) is 7.11 Å². The molecule has 0 aliphatic rings. The van der Waals surface area contributed by atoms with E-state index in [1.165, 1.54) is 25.3 Å². The Balaban J connectivity index is 3.02. The highest BCUT2D eigenvalue weighted by Gasteiger charge is 1.99. The fraction of sp³-hybridized carbons (Fsp3) is 0.143. The van der Waals surface area contributed by atoms with Crippen LogP contribution in [0.4, 0.5) is 4.39 Å². The second kappa shape index (κ2) is 3.21. The van der Waals surface area contributed by atoms with Crippen LogP contribution in [-0.2, 0) is 0 Å². The zero-order valence-corrected chi connectivity index (χ0v) is 6.00. The van der Waals surface area contributed by atoms with Crippen LogP contribution in [-0.4, -0.2) is 7.11 Å². The maximum absolute atomic E-state index is 12.6. The van der Waals surface area contributed by atoms with Gasteiger partial charge in [0.05, 0.1) is 7.11 Å². The van der Waals surface area contributed by atoms with Crippen molar-refractivity contribution in [2.24, 2.45) is 5.90 Å². The maximum Gasteiger partial charge on any atom is 0.153 e. The lowest BCUT2D eigenvalue weighted by molar-refractivity contribution is 0.328. The molecule has 0 saturated heterocycles. The molecule has 0 atom stereocenters. The van der Waals surface area contributed by atoms with Crippen molar-refractivity contribution < 1.29 is 14.0 Å². The molecule has 2 N–H and O–H groups in total. The largest absolute Gasteiger partial charge is 0.497 e. The molecule has 4 heteroatoms. The second-order valence-corrected chi connectivity index (χ2v) is 1.94. The van der Waals surface area contributed by atoms with Crippen molar-refractivity contribution in [3.05, 3.63) is 24.0 Å². The van der Waals surface area contributed by atoms with Crippen molar-refractivity contribution in [2.45, 2.75) is 0 Å². The summed E-state index contributed by atoms with van der Waals surface area (Å²) >= 11 is 0. The van der Waals surface area contributed by atoms with Crippen LogP contribution < -0.4 is 15.5 Å². The fourth-order valence-corrected chi connectivity index (χ4v) is 0.723. The Bertz CT molecular complexity index is 230. The Kier molecular flexibility index (Phi) is 2.28. The van der Waals surface area contributed by atoms with Crippen LogP contribution >= 0.6 is 0 Å². The number of ether oxygens (including phenoxy) is 1. The molecule has 0 saturated carbocycles. The molecule has 0 unspecified atom stereocenters. The summed E-state index contributed by atoms with van der Waals surface area (Å²) in [6, 6.07) is 3.90. The van der Waals surface area contributed by atoms with Gasteiger partial charge in [0.1, 0.15) is 11.6 Å². The summed E-state index contributed by atoms with van der Waals surface area (Å²) in [6.07, 6.45) is 0. The molecule has 0 aromatic heterocycles. The SMILES string of the molecule is COc1cc(F)cc(ON)c1. The second-order valence-electron chi connectivity index (χ2n) is 1.94. The van der Waals surface area contributed by atoms with Crippen LogP contribution in [0.1, 0.15) is 0 Å². The van der Waals surface area contributed by atoms with E-state index < -0.39 is 5.82 Å². The number of hydrogen-bond donors (Lipinski definition) is 1. The quantitative estimate of drug-likeness (QED) is 0.653. The average molecular weight is 157 g/mol. The van der Waals surface area contributed by atoms with Crippen LogP contribution in [0.15, 0.2) is 18.2 Å². The van der Waals surface area contributed by atoms with Crippen molar-refractivity contribution in [1.82, 2.24) is 0 Å². The first kappa shape index (κ1) is 7.81. The lowest BCUT2D eigenvalue weighted by Crippen LogP contribution is -2.02. The van der Waals surface area contributed by atoms with E-state index >= 15 is 0 Å². The number of rotatable bonds is 2. The molecule has 60 valence electrons. The third-order valence-corrected chi connectivity index (χ3v) is 1.22. The Morgan fingerprint density at radius 2 is 1.91 bits per heavy atom. The van der Waals surface area contributed by atoms with Crippen LogP contribution in [0.25, 0.3) is 0 Å². The van der Waals surface area contributed by atoms with Gasteiger partial charge in [0, 0.05) is 18.2 Å². The minimum Gasteiger partial charge on any atom is -0.497 e. The Morgan fingerprint density at radius 3 is 2.45 bits per heavy atom. The molecule has 11 heavy (non-hydrogen) atoms. The Labute approximate surface area is 63.5 Å². The van der Waals surface area contributed by atoms with Gasteiger partial charge in [-0.05, 0) is 0 Å². The molecule has 0 radical (unpaired) electrons. The van der Waals surface area contributed by atoms with E-state index in [9.17, 15) is 4.39 Å². The number of benzene rings is 1. The minimum atomic E-state index is -0.440. The molecule has 0 bridgehead atoms. The van der Waals surface area contributed by atoms with Gasteiger partial charge < -0.3 is 9.57 Å². The highest BCUT2D eigenvalue weighted by atomic mass is 19.1. The predicted octanol–water partition coefficient (Wildman–Crippen LogP) is 1.09. The number of hydrogen-bond acceptors (Lipinski definition) is 3. The molecule has 0 aliphatic heterocycles. The predicted molar refractivity (Wildman–Crippen MR) is 37.8 cm³/mol. The lowest BCUT2D eigenvalue weighted by atomic mass is 10.3. The number of halogens is 1. The minimum absolute atomic E-state index is 0.238. The van der Waals surface area contributed by atoms with Crippen LogP contribution in [0.5, 0.6) is 11.5 Å². The van der Waals surface area contributed by atoms with Crippen LogP contribution in [0, 0.1) is 5.82 Å². The van der Waals surface area contributed by atoms with E-state index in [-0.39, 0.29) is 5.75 Å². The summed E-state index contributed by atoms with van der Waals surface area (Å²) in [6.45, 7) is 0. The first-order valence-electron chi connectivity index (χ1n) is 2.97. The average Bonchev–Trinajstić information content (AvgIpc) is 2.03. The smallest absolute Gasteiger partial charge is 0.153 e. The van der Waals surface area contributed by atoms with Gasteiger partial charge in [-0.3, -0.25) is 0 Å². The van der Waals surface area contributed by atoms with Crippen molar-refractivity contribution in [1.29, 1.82) is 0 Å². The molecule has 0 aliphatic carbocycles. The maximum atomic E-state index is 12.6. The first-order chi connectivity index (χ1) is 5.26. The molecule has 0 fully saturated rings. The van der Waals surface area contributed by atoms with E-state index in [4.69, 9.17) is 10.6 Å². The summed E-state index contributed by atoms with van der Waals surface area (Å²) < 4.78 is 17.3. The summed E-state index contributed by atoms with van der Waals surface area (Å²) in [5, 5.41) is 0. The third-order valence-electron chi connectivity index (χ3n) is 1.22. The standard InChI is InChI=1S/C7H8FNO2/c1-10-6-2-5(8)3-7(4-6)11-9/h2-4H,9H2,1H3. The molecular formula is C7H8FNO2.